The minimum atomic E-state index is -3.72. The number of methoxy groups -OCH3 is 1. The van der Waals surface area contributed by atoms with Crippen LogP contribution < -0.4 is 10.1 Å². The Morgan fingerprint density at radius 2 is 1.92 bits per heavy atom. The third kappa shape index (κ3) is 4.18. The van der Waals surface area contributed by atoms with E-state index in [-0.39, 0.29) is 29.7 Å². The summed E-state index contributed by atoms with van der Waals surface area (Å²) in [6.45, 7) is 3.41. The molecule has 2 rings (SSSR count). The first kappa shape index (κ1) is 18.9. The van der Waals surface area contributed by atoms with E-state index in [1.165, 1.54) is 7.05 Å². The van der Waals surface area contributed by atoms with Crippen molar-refractivity contribution < 1.29 is 22.5 Å². The summed E-state index contributed by atoms with van der Waals surface area (Å²) in [7, 11) is -0.728. The molecule has 0 aliphatic rings. The van der Waals surface area contributed by atoms with Gasteiger partial charge in [0.15, 0.2) is 5.76 Å². The van der Waals surface area contributed by atoms with Crippen molar-refractivity contribution in [1.82, 2.24) is 14.8 Å². The van der Waals surface area contributed by atoms with Gasteiger partial charge in [0.25, 0.3) is 5.91 Å². The Morgan fingerprint density at radius 1 is 1.28 bits per heavy atom. The van der Waals surface area contributed by atoms with Crippen LogP contribution in [-0.4, -0.2) is 51.0 Å². The van der Waals surface area contributed by atoms with Crippen molar-refractivity contribution in [2.45, 2.75) is 18.7 Å². The normalized spacial score (nSPS) is 11.6. The highest BCUT2D eigenvalue weighted by molar-refractivity contribution is 7.89. The van der Waals surface area contributed by atoms with E-state index in [1.807, 2.05) is 0 Å². The fourth-order valence-electron chi connectivity index (χ4n) is 2.29. The minimum Gasteiger partial charge on any atom is -0.497 e. The van der Waals surface area contributed by atoms with Gasteiger partial charge >= 0.3 is 0 Å². The number of likely N-dealkylation sites (N-methyl/N-ethyl adjacent to an activating group) is 1. The number of rotatable bonds is 7. The molecule has 2 aromatic rings. The number of nitrogens with zero attached hydrogens (tertiary/aromatic N) is 2. The van der Waals surface area contributed by atoms with Crippen molar-refractivity contribution in [3.8, 4) is 5.75 Å². The summed E-state index contributed by atoms with van der Waals surface area (Å²) >= 11 is 0. The Bertz CT molecular complexity index is 824. The number of amides is 1. The van der Waals surface area contributed by atoms with Crippen molar-refractivity contribution in [2.75, 3.05) is 27.2 Å². The number of benzene rings is 1. The molecule has 1 aromatic heterocycles. The van der Waals surface area contributed by atoms with Crippen molar-refractivity contribution in [1.29, 1.82) is 0 Å². The van der Waals surface area contributed by atoms with Gasteiger partial charge in [-0.3, -0.25) is 4.79 Å². The summed E-state index contributed by atoms with van der Waals surface area (Å²) in [5.41, 5.74) is 0.781. The first-order valence-corrected chi connectivity index (χ1v) is 9.03. The zero-order valence-corrected chi connectivity index (χ0v) is 15.4. The highest BCUT2D eigenvalue weighted by Crippen LogP contribution is 2.22. The molecule has 0 saturated heterocycles. The highest BCUT2D eigenvalue weighted by atomic mass is 32.2. The molecule has 1 aromatic carbocycles. The largest absolute Gasteiger partial charge is 0.497 e. The molecule has 0 spiro atoms. The van der Waals surface area contributed by atoms with Gasteiger partial charge in [0.1, 0.15) is 16.3 Å². The standard InChI is InChI=1S/C16H21N3O5S/c1-11-15(12(2)24-18-11)25(21,22)19(3)10-9-17-16(20)13-5-7-14(23-4)8-6-13/h5-8H,9-10H2,1-4H3,(H,17,20). The lowest BCUT2D eigenvalue weighted by Crippen LogP contribution is -2.36. The van der Waals surface area contributed by atoms with Crippen LogP contribution in [0.4, 0.5) is 0 Å². The molecule has 136 valence electrons. The molecule has 0 fully saturated rings. The summed E-state index contributed by atoms with van der Waals surface area (Å²) in [6, 6.07) is 6.64. The van der Waals surface area contributed by atoms with Gasteiger partial charge in [-0.1, -0.05) is 5.16 Å². The van der Waals surface area contributed by atoms with Crippen molar-refractivity contribution in [2.24, 2.45) is 0 Å². The molecular formula is C16H21N3O5S. The number of aryl methyl sites for hydroxylation is 2. The second-order valence-electron chi connectivity index (χ2n) is 5.46. The number of sulfonamides is 1. The number of carbonyl (C=O) groups is 1. The van der Waals surface area contributed by atoms with Crippen LogP contribution in [-0.2, 0) is 10.0 Å². The van der Waals surface area contributed by atoms with Gasteiger partial charge in [-0.2, -0.15) is 4.31 Å². The molecule has 0 unspecified atom stereocenters. The van der Waals surface area contributed by atoms with Crippen LogP contribution in [0.3, 0.4) is 0 Å². The average molecular weight is 367 g/mol. The maximum atomic E-state index is 12.6. The van der Waals surface area contributed by atoms with Crippen molar-refractivity contribution in [3.05, 3.63) is 41.3 Å². The molecular weight excluding hydrogens is 346 g/mol. The molecule has 1 amide bonds. The third-order valence-electron chi connectivity index (χ3n) is 3.70. The summed E-state index contributed by atoms with van der Waals surface area (Å²) in [5, 5.41) is 6.36. The maximum absolute atomic E-state index is 12.6. The first-order chi connectivity index (χ1) is 11.8. The number of hydrogen-bond donors (Lipinski definition) is 1. The lowest BCUT2D eigenvalue weighted by molar-refractivity contribution is 0.0952. The van der Waals surface area contributed by atoms with E-state index >= 15 is 0 Å². The summed E-state index contributed by atoms with van der Waals surface area (Å²) in [6.07, 6.45) is 0. The van der Waals surface area contributed by atoms with Gasteiger partial charge < -0.3 is 14.6 Å². The fourth-order valence-corrected chi connectivity index (χ4v) is 3.74. The Labute approximate surface area is 146 Å². The molecule has 0 atom stereocenters. The Morgan fingerprint density at radius 3 is 2.44 bits per heavy atom. The summed E-state index contributed by atoms with van der Waals surface area (Å²) in [5.74, 6) is 0.610. The Kier molecular flexibility index (Phi) is 5.81. The molecule has 8 nitrogen and oxygen atoms in total. The van der Waals surface area contributed by atoms with Gasteiger partial charge in [0.2, 0.25) is 10.0 Å². The smallest absolute Gasteiger partial charge is 0.251 e. The van der Waals surface area contributed by atoms with Crippen LogP contribution in [0.25, 0.3) is 0 Å². The summed E-state index contributed by atoms with van der Waals surface area (Å²) in [4.78, 5) is 12.1. The molecule has 25 heavy (non-hydrogen) atoms. The monoisotopic (exact) mass is 367 g/mol. The highest BCUT2D eigenvalue weighted by Gasteiger charge is 2.28. The van der Waals surface area contributed by atoms with Gasteiger partial charge in [-0.05, 0) is 38.1 Å². The second-order valence-corrected chi connectivity index (χ2v) is 7.45. The first-order valence-electron chi connectivity index (χ1n) is 7.59. The van der Waals surface area contributed by atoms with E-state index in [0.29, 0.717) is 17.0 Å². The maximum Gasteiger partial charge on any atom is 0.251 e. The van der Waals surface area contributed by atoms with Crippen LogP contribution in [0.2, 0.25) is 0 Å². The summed E-state index contributed by atoms with van der Waals surface area (Å²) < 4.78 is 36.2. The van der Waals surface area contributed by atoms with Crippen LogP contribution in [0.15, 0.2) is 33.7 Å². The third-order valence-corrected chi connectivity index (χ3v) is 5.80. The molecule has 0 saturated carbocycles. The van der Waals surface area contributed by atoms with Crippen LogP contribution in [0, 0.1) is 13.8 Å². The molecule has 0 aliphatic heterocycles. The molecule has 0 bridgehead atoms. The van der Waals surface area contributed by atoms with E-state index in [0.717, 1.165) is 4.31 Å². The number of hydrogen-bond acceptors (Lipinski definition) is 6. The predicted octanol–water partition coefficient (Wildman–Crippen LogP) is 1.35. The minimum absolute atomic E-state index is 0.0662. The number of nitrogens with one attached hydrogen (secondary N) is 1. The lowest BCUT2D eigenvalue weighted by Gasteiger charge is -2.17. The quantitative estimate of drug-likeness (QED) is 0.793. The predicted molar refractivity (Wildman–Crippen MR) is 91.1 cm³/mol. The molecule has 9 heteroatoms. The van der Waals surface area contributed by atoms with Gasteiger partial charge in [0, 0.05) is 25.7 Å². The molecule has 0 radical (unpaired) electrons. The van der Waals surface area contributed by atoms with E-state index in [4.69, 9.17) is 9.26 Å². The lowest BCUT2D eigenvalue weighted by atomic mass is 10.2. The zero-order valence-electron chi connectivity index (χ0n) is 14.6. The van der Waals surface area contributed by atoms with Crippen LogP contribution >= 0.6 is 0 Å². The number of carbonyl (C=O) groups excluding carboxylic acids is 1. The van der Waals surface area contributed by atoms with E-state index in [2.05, 4.69) is 10.5 Å². The van der Waals surface area contributed by atoms with E-state index in [1.54, 1.807) is 45.2 Å². The van der Waals surface area contributed by atoms with Crippen LogP contribution in [0.5, 0.6) is 5.75 Å². The van der Waals surface area contributed by atoms with Gasteiger partial charge in [0.05, 0.1) is 7.11 Å². The Balaban J connectivity index is 1.95. The number of ether oxygens (including phenoxy) is 1. The second kappa shape index (κ2) is 7.66. The fraction of sp³-hybridized carbons (Fsp3) is 0.375. The van der Waals surface area contributed by atoms with Gasteiger partial charge in [-0.25, -0.2) is 8.42 Å². The number of aromatic nitrogens is 1. The zero-order chi connectivity index (χ0) is 18.6. The van der Waals surface area contributed by atoms with Crippen molar-refractivity contribution in [3.63, 3.8) is 0 Å². The molecule has 1 N–H and O–H groups in total. The van der Waals surface area contributed by atoms with E-state index in [9.17, 15) is 13.2 Å². The Hall–Kier alpha value is -2.39. The molecule has 0 aliphatic carbocycles. The van der Waals surface area contributed by atoms with Crippen molar-refractivity contribution >= 4 is 15.9 Å². The SMILES string of the molecule is COc1ccc(C(=O)NCCN(C)S(=O)(=O)c2c(C)noc2C)cc1. The van der Waals surface area contributed by atoms with Gasteiger partial charge in [-0.15, -0.1) is 0 Å². The molecule has 1 heterocycles. The average Bonchev–Trinajstić information content (AvgIpc) is 2.93. The van der Waals surface area contributed by atoms with E-state index < -0.39 is 10.0 Å². The van der Waals surface area contributed by atoms with Crippen LogP contribution in [0.1, 0.15) is 21.8 Å². The topological polar surface area (TPSA) is 102 Å².